The standard InChI is InChI=1S/C10H10Cl2/c1-7-2-4-8(5-3-7)9-6-10(9,11)12/h2-5,9H,6H2,1H3/t9-/m0/s1. The molecule has 1 aromatic carbocycles. The topological polar surface area (TPSA) is 0 Å². The number of aryl methyl sites for hydroxylation is 1. The van der Waals surface area contributed by atoms with Crippen LogP contribution in [-0.2, 0) is 0 Å². The number of hydrogen-bond donors (Lipinski definition) is 0. The van der Waals surface area contributed by atoms with Gasteiger partial charge in [0, 0.05) is 5.92 Å². The van der Waals surface area contributed by atoms with Gasteiger partial charge in [0.15, 0.2) is 0 Å². The van der Waals surface area contributed by atoms with Crippen LogP contribution in [0, 0.1) is 6.92 Å². The van der Waals surface area contributed by atoms with Gasteiger partial charge in [0.2, 0.25) is 0 Å². The van der Waals surface area contributed by atoms with E-state index in [9.17, 15) is 0 Å². The lowest BCUT2D eigenvalue weighted by Gasteiger charge is -2.00. The molecule has 1 aliphatic carbocycles. The average Bonchev–Trinajstić information content (AvgIpc) is 2.61. The molecule has 0 aromatic heterocycles. The SMILES string of the molecule is Cc1ccc([C@@H]2CC2(Cl)Cl)cc1. The summed E-state index contributed by atoms with van der Waals surface area (Å²) in [6.07, 6.45) is 0.888. The Hall–Kier alpha value is -0.200. The Bertz CT molecular complexity index is 287. The second-order valence-corrected chi connectivity index (χ2v) is 4.97. The first-order chi connectivity index (χ1) is 5.59. The van der Waals surface area contributed by atoms with E-state index in [1.165, 1.54) is 11.1 Å². The maximum atomic E-state index is 5.95. The van der Waals surface area contributed by atoms with E-state index < -0.39 is 4.33 Å². The van der Waals surface area contributed by atoms with Gasteiger partial charge in [0.1, 0.15) is 4.33 Å². The van der Waals surface area contributed by atoms with Crippen LogP contribution in [0.3, 0.4) is 0 Å². The summed E-state index contributed by atoms with van der Waals surface area (Å²) >= 11 is 11.9. The molecule has 0 saturated heterocycles. The lowest BCUT2D eigenvalue weighted by atomic mass is 10.1. The first-order valence-electron chi connectivity index (χ1n) is 4.04. The lowest BCUT2D eigenvalue weighted by molar-refractivity contribution is 1.10. The van der Waals surface area contributed by atoms with Crippen LogP contribution >= 0.6 is 23.2 Å². The van der Waals surface area contributed by atoms with Gasteiger partial charge >= 0.3 is 0 Å². The number of benzene rings is 1. The molecule has 12 heavy (non-hydrogen) atoms. The highest BCUT2D eigenvalue weighted by Gasteiger charge is 2.52. The molecule has 0 radical (unpaired) electrons. The second kappa shape index (κ2) is 2.65. The summed E-state index contributed by atoms with van der Waals surface area (Å²) in [4.78, 5) is 0. The van der Waals surface area contributed by atoms with Crippen LogP contribution in [0.1, 0.15) is 23.5 Å². The zero-order valence-corrected chi connectivity index (χ0v) is 8.36. The van der Waals surface area contributed by atoms with Crippen molar-refractivity contribution in [3.05, 3.63) is 35.4 Å². The molecule has 1 fully saturated rings. The first kappa shape index (κ1) is 8.40. The molecule has 0 N–H and O–H groups in total. The molecule has 2 rings (SSSR count). The van der Waals surface area contributed by atoms with Gasteiger partial charge in [0.05, 0.1) is 0 Å². The summed E-state index contributed by atoms with van der Waals surface area (Å²) in [6, 6.07) is 8.40. The summed E-state index contributed by atoms with van der Waals surface area (Å²) in [5.41, 5.74) is 2.53. The van der Waals surface area contributed by atoms with E-state index in [4.69, 9.17) is 23.2 Å². The Balaban J connectivity index is 2.21. The summed E-state index contributed by atoms with van der Waals surface area (Å²) in [5, 5.41) is 0. The summed E-state index contributed by atoms with van der Waals surface area (Å²) in [6.45, 7) is 2.07. The lowest BCUT2D eigenvalue weighted by Crippen LogP contribution is -1.89. The molecular formula is C10H10Cl2. The van der Waals surface area contributed by atoms with E-state index in [-0.39, 0.29) is 0 Å². The molecule has 0 spiro atoms. The van der Waals surface area contributed by atoms with Crippen LogP contribution in [0.5, 0.6) is 0 Å². The largest absolute Gasteiger partial charge is 0.125 e. The molecule has 0 bridgehead atoms. The summed E-state index contributed by atoms with van der Waals surface area (Å²) < 4.78 is -0.491. The van der Waals surface area contributed by atoms with Crippen molar-refractivity contribution in [1.29, 1.82) is 0 Å². The average molecular weight is 201 g/mol. The highest BCUT2D eigenvalue weighted by molar-refractivity contribution is 6.51. The molecule has 64 valence electrons. The van der Waals surface area contributed by atoms with E-state index in [0.717, 1.165) is 6.42 Å². The molecule has 0 nitrogen and oxygen atoms in total. The van der Waals surface area contributed by atoms with Crippen molar-refractivity contribution >= 4 is 23.2 Å². The Kier molecular flexibility index (Phi) is 1.85. The van der Waals surface area contributed by atoms with Gasteiger partial charge in [-0.05, 0) is 18.9 Å². The van der Waals surface area contributed by atoms with Crippen molar-refractivity contribution in [2.45, 2.75) is 23.6 Å². The van der Waals surface area contributed by atoms with Gasteiger partial charge in [-0.2, -0.15) is 0 Å². The van der Waals surface area contributed by atoms with Crippen molar-refractivity contribution < 1.29 is 0 Å². The van der Waals surface area contributed by atoms with E-state index in [0.29, 0.717) is 5.92 Å². The zero-order chi connectivity index (χ0) is 8.77. The van der Waals surface area contributed by atoms with Gasteiger partial charge in [-0.3, -0.25) is 0 Å². The highest BCUT2D eigenvalue weighted by atomic mass is 35.5. The Labute approximate surface area is 82.5 Å². The van der Waals surface area contributed by atoms with Crippen molar-refractivity contribution in [3.8, 4) is 0 Å². The van der Waals surface area contributed by atoms with Crippen molar-refractivity contribution in [3.63, 3.8) is 0 Å². The zero-order valence-electron chi connectivity index (χ0n) is 6.85. The van der Waals surface area contributed by atoms with Crippen LogP contribution < -0.4 is 0 Å². The van der Waals surface area contributed by atoms with E-state index in [1.54, 1.807) is 0 Å². The van der Waals surface area contributed by atoms with E-state index in [2.05, 4.69) is 31.2 Å². The number of rotatable bonds is 1. The third kappa shape index (κ3) is 1.46. The van der Waals surface area contributed by atoms with Crippen LogP contribution in [0.2, 0.25) is 0 Å². The molecule has 0 unspecified atom stereocenters. The molecular weight excluding hydrogens is 191 g/mol. The number of hydrogen-bond acceptors (Lipinski definition) is 0. The Morgan fingerprint density at radius 1 is 1.25 bits per heavy atom. The van der Waals surface area contributed by atoms with Crippen molar-refractivity contribution in [2.75, 3.05) is 0 Å². The van der Waals surface area contributed by atoms with Gasteiger partial charge in [-0.15, -0.1) is 23.2 Å². The van der Waals surface area contributed by atoms with E-state index in [1.807, 2.05) is 0 Å². The fourth-order valence-corrected chi connectivity index (χ4v) is 1.93. The third-order valence-corrected chi connectivity index (χ3v) is 3.14. The highest BCUT2D eigenvalue weighted by Crippen LogP contribution is 2.59. The van der Waals surface area contributed by atoms with Crippen LogP contribution in [0.15, 0.2) is 24.3 Å². The van der Waals surface area contributed by atoms with Gasteiger partial charge < -0.3 is 0 Å². The maximum absolute atomic E-state index is 5.95. The van der Waals surface area contributed by atoms with Crippen LogP contribution in [0.4, 0.5) is 0 Å². The minimum atomic E-state index is -0.491. The first-order valence-corrected chi connectivity index (χ1v) is 4.79. The molecule has 1 saturated carbocycles. The fraction of sp³-hybridized carbons (Fsp3) is 0.400. The molecule has 1 atom stereocenters. The fourth-order valence-electron chi connectivity index (χ4n) is 1.37. The van der Waals surface area contributed by atoms with E-state index >= 15 is 0 Å². The maximum Gasteiger partial charge on any atom is 0.125 e. The summed E-state index contributed by atoms with van der Waals surface area (Å²) in [7, 11) is 0. The molecule has 1 aromatic rings. The van der Waals surface area contributed by atoms with Crippen molar-refractivity contribution in [1.82, 2.24) is 0 Å². The predicted molar refractivity (Wildman–Crippen MR) is 53.0 cm³/mol. The molecule has 0 amide bonds. The molecule has 0 heterocycles. The quantitative estimate of drug-likeness (QED) is 0.608. The Morgan fingerprint density at radius 2 is 1.75 bits per heavy atom. The van der Waals surface area contributed by atoms with Gasteiger partial charge in [-0.25, -0.2) is 0 Å². The van der Waals surface area contributed by atoms with Gasteiger partial charge in [-0.1, -0.05) is 29.8 Å². The Morgan fingerprint density at radius 3 is 2.17 bits per heavy atom. The van der Waals surface area contributed by atoms with Crippen LogP contribution in [-0.4, -0.2) is 4.33 Å². The number of alkyl halides is 2. The monoisotopic (exact) mass is 200 g/mol. The third-order valence-electron chi connectivity index (χ3n) is 2.31. The minimum Gasteiger partial charge on any atom is -0.101 e. The predicted octanol–water partition coefficient (Wildman–Crippen LogP) is 3.66. The molecule has 2 heteroatoms. The van der Waals surface area contributed by atoms with Gasteiger partial charge in [0.25, 0.3) is 0 Å². The molecule has 1 aliphatic rings. The normalized spacial score (nSPS) is 25.4. The molecule has 0 aliphatic heterocycles. The second-order valence-electron chi connectivity index (χ2n) is 3.43. The van der Waals surface area contributed by atoms with Crippen LogP contribution in [0.25, 0.3) is 0 Å². The smallest absolute Gasteiger partial charge is 0.101 e. The summed E-state index contributed by atoms with van der Waals surface area (Å²) in [5.74, 6) is 0.349. The minimum absolute atomic E-state index is 0.349. The van der Waals surface area contributed by atoms with Crippen molar-refractivity contribution in [2.24, 2.45) is 0 Å². The number of halogens is 2.